The number of nitrogens with zero attached hydrogens (tertiary/aromatic N) is 2. The molecular formula is C20H14N4O2. The van der Waals surface area contributed by atoms with Crippen LogP contribution >= 0.6 is 0 Å². The van der Waals surface area contributed by atoms with Gasteiger partial charge < -0.3 is 10.3 Å². The zero-order valence-corrected chi connectivity index (χ0v) is 13.6. The first kappa shape index (κ1) is 15.7. The summed E-state index contributed by atoms with van der Waals surface area (Å²) in [5, 5.41) is 3.51. The third-order valence-corrected chi connectivity index (χ3v) is 3.95. The molecule has 0 fully saturated rings. The Balaban J connectivity index is 1.60. The van der Waals surface area contributed by atoms with Crippen molar-refractivity contribution in [2.24, 2.45) is 0 Å². The van der Waals surface area contributed by atoms with Gasteiger partial charge in [-0.3, -0.25) is 9.59 Å². The van der Waals surface area contributed by atoms with Crippen LogP contribution in [0.15, 0.2) is 77.9 Å². The number of rotatable bonds is 3. The van der Waals surface area contributed by atoms with Gasteiger partial charge in [0.15, 0.2) is 11.1 Å². The average molecular weight is 342 g/mol. The predicted molar refractivity (Wildman–Crippen MR) is 100.0 cm³/mol. The smallest absolute Gasteiger partial charge is 0.262 e. The van der Waals surface area contributed by atoms with Gasteiger partial charge in [0.05, 0.1) is 0 Å². The Morgan fingerprint density at radius 1 is 1.00 bits per heavy atom. The highest BCUT2D eigenvalue weighted by molar-refractivity contribution is 6.04. The number of H-pyrrole nitrogens is 1. The number of carbonyl (C=O) groups is 1. The standard InChI is InChI=1S/C20H14N4O2/c25-17-11-16(13-5-2-1-3-6-13)22-12-15(17)20(26)24-18-9-8-14-7-4-10-21-19(14)23-18/h1-12H,(H,22,25)(H,21,23,24,26). The van der Waals surface area contributed by atoms with Crippen molar-refractivity contribution in [3.05, 3.63) is 88.8 Å². The molecule has 0 unspecified atom stereocenters. The van der Waals surface area contributed by atoms with Crippen molar-refractivity contribution in [3.8, 4) is 11.3 Å². The number of benzene rings is 1. The minimum absolute atomic E-state index is 0.0209. The van der Waals surface area contributed by atoms with Crippen molar-refractivity contribution in [1.82, 2.24) is 15.0 Å². The fourth-order valence-electron chi connectivity index (χ4n) is 2.64. The third kappa shape index (κ3) is 3.08. The van der Waals surface area contributed by atoms with Gasteiger partial charge in [-0.15, -0.1) is 0 Å². The Morgan fingerprint density at radius 2 is 1.85 bits per heavy atom. The fourth-order valence-corrected chi connectivity index (χ4v) is 2.64. The summed E-state index contributed by atoms with van der Waals surface area (Å²) in [6.45, 7) is 0. The first-order chi connectivity index (χ1) is 12.7. The molecular weight excluding hydrogens is 328 g/mol. The maximum atomic E-state index is 12.4. The highest BCUT2D eigenvalue weighted by Gasteiger charge is 2.12. The van der Waals surface area contributed by atoms with Gasteiger partial charge >= 0.3 is 0 Å². The second kappa shape index (κ2) is 6.60. The van der Waals surface area contributed by atoms with Gasteiger partial charge in [0, 0.05) is 29.5 Å². The zero-order valence-electron chi connectivity index (χ0n) is 13.6. The molecule has 0 saturated carbocycles. The van der Waals surface area contributed by atoms with Crippen LogP contribution in [-0.4, -0.2) is 20.9 Å². The molecule has 0 atom stereocenters. The first-order valence-electron chi connectivity index (χ1n) is 8.02. The molecule has 0 aliphatic carbocycles. The molecule has 3 aromatic heterocycles. The quantitative estimate of drug-likeness (QED) is 0.598. The number of carbonyl (C=O) groups excluding carboxylic acids is 1. The van der Waals surface area contributed by atoms with Crippen LogP contribution in [0.25, 0.3) is 22.3 Å². The summed E-state index contributed by atoms with van der Waals surface area (Å²) in [4.78, 5) is 36.2. The molecule has 0 saturated heterocycles. The molecule has 3 heterocycles. The van der Waals surface area contributed by atoms with Gasteiger partial charge in [-0.05, 0) is 29.8 Å². The van der Waals surface area contributed by atoms with Crippen LogP contribution in [0.1, 0.15) is 10.4 Å². The molecule has 26 heavy (non-hydrogen) atoms. The van der Waals surface area contributed by atoms with Crippen molar-refractivity contribution in [1.29, 1.82) is 0 Å². The van der Waals surface area contributed by atoms with Gasteiger partial charge in [-0.25, -0.2) is 9.97 Å². The molecule has 2 N–H and O–H groups in total. The predicted octanol–water partition coefficient (Wildman–Crippen LogP) is 3.24. The van der Waals surface area contributed by atoms with Gasteiger partial charge in [0.25, 0.3) is 5.91 Å². The second-order valence-corrected chi connectivity index (χ2v) is 5.69. The monoisotopic (exact) mass is 342 g/mol. The number of fused-ring (bicyclic) bond motifs is 1. The van der Waals surface area contributed by atoms with E-state index >= 15 is 0 Å². The lowest BCUT2D eigenvalue weighted by atomic mass is 10.1. The number of pyridine rings is 3. The molecule has 0 bridgehead atoms. The van der Waals surface area contributed by atoms with Crippen LogP contribution < -0.4 is 10.7 Å². The Morgan fingerprint density at radius 3 is 2.65 bits per heavy atom. The maximum Gasteiger partial charge on any atom is 0.262 e. The largest absolute Gasteiger partial charge is 0.360 e. The molecule has 126 valence electrons. The molecule has 4 aromatic rings. The van der Waals surface area contributed by atoms with Crippen LogP contribution in [0.5, 0.6) is 0 Å². The van der Waals surface area contributed by atoms with Crippen LogP contribution in [0, 0.1) is 0 Å². The Labute approximate surface area is 148 Å². The maximum absolute atomic E-state index is 12.4. The molecule has 0 radical (unpaired) electrons. The van der Waals surface area contributed by atoms with Crippen molar-refractivity contribution < 1.29 is 4.79 Å². The highest BCUT2D eigenvalue weighted by atomic mass is 16.2. The number of amides is 1. The van der Waals surface area contributed by atoms with E-state index in [0.717, 1.165) is 10.9 Å². The summed E-state index contributed by atoms with van der Waals surface area (Å²) in [5.41, 5.74) is 1.71. The van der Waals surface area contributed by atoms with Crippen molar-refractivity contribution >= 4 is 22.8 Å². The molecule has 1 aromatic carbocycles. The summed E-state index contributed by atoms with van der Waals surface area (Å²) < 4.78 is 0. The molecule has 0 aliphatic heterocycles. The average Bonchev–Trinajstić information content (AvgIpc) is 2.68. The SMILES string of the molecule is O=C(Nc1ccc2cccnc2n1)c1c[nH]c(-c2ccccc2)cc1=O. The van der Waals surface area contributed by atoms with E-state index in [1.54, 1.807) is 12.3 Å². The number of anilines is 1. The van der Waals surface area contributed by atoms with E-state index < -0.39 is 5.91 Å². The van der Waals surface area contributed by atoms with Crippen molar-refractivity contribution in [2.45, 2.75) is 0 Å². The third-order valence-electron chi connectivity index (χ3n) is 3.95. The number of nitrogens with one attached hydrogen (secondary N) is 2. The van der Waals surface area contributed by atoms with E-state index in [9.17, 15) is 9.59 Å². The molecule has 0 aliphatic rings. The summed E-state index contributed by atoms with van der Waals surface area (Å²) >= 11 is 0. The van der Waals surface area contributed by atoms with Crippen LogP contribution in [-0.2, 0) is 0 Å². The first-order valence-corrected chi connectivity index (χ1v) is 8.02. The lowest BCUT2D eigenvalue weighted by Crippen LogP contribution is -2.22. The number of hydrogen-bond acceptors (Lipinski definition) is 4. The van der Waals surface area contributed by atoms with E-state index in [4.69, 9.17) is 0 Å². The van der Waals surface area contributed by atoms with Crippen molar-refractivity contribution in [2.75, 3.05) is 5.32 Å². The van der Waals surface area contributed by atoms with E-state index in [1.165, 1.54) is 12.3 Å². The van der Waals surface area contributed by atoms with Crippen LogP contribution in [0.2, 0.25) is 0 Å². The number of hydrogen-bond donors (Lipinski definition) is 2. The van der Waals surface area contributed by atoms with Gasteiger partial charge in [-0.2, -0.15) is 0 Å². The Hall–Kier alpha value is -3.80. The minimum atomic E-state index is -0.520. The zero-order chi connectivity index (χ0) is 17.9. The van der Waals surface area contributed by atoms with E-state index in [2.05, 4.69) is 20.3 Å². The topological polar surface area (TPSA) is 87.7 Å². The Bertz CT molecular complexity index is 1150. The molecule has 6 nitrogen and oxygen atoms in total. The summed E-state index contributed by atoms with van der Waals surface area (Å²) in [7, 11) is 0. The van der Waals surface area contributed by atoms with E-state index in [1.807, 2.05) is 48.5 Å². The normalized spacial score (nSPS) is 10.6. The second-order valence-electron chi connectivity index (χ2n) is 5.69. The summed E-state index contributed by atoms with van der Waals surface area (Å²) in [6.07, 6.45) is 3.05. The van der Waals surface area contributed by atoms with Gasteiger partial charge in [0.2, 0.25) is 0 Å². The minimum Gasteiger partial charge on any atom is -0.360 e. The lowest BCUT2D eigenvalue weighted by Gasteiger charge is -2.06. The van der Waals surface area contributed by atoms with Gasteiger partial charge in [0.1, 0.15) is 11.4 Å². The van der Waals surface area contributed by atoms with E-state index in [0.29, 0.717) is 17.2 Å². The van der Waals surface area contributed by atoms with Crippen LogP contribution in [0.4, 0.5) is 5.82 Å². The summed E-state index contributed by atoms with van der Waals surface area (Å²) in [6, 6.07) is 18.0. The lowest BCUT2D eigenvalue weighted by molar-refractivity contribution is 0.102. The van der Waals surface area contributed by atoms with E-state index in [-0.39, 0.29) is 11.0 Å². The highest BCUT2D eigenvalue weighted by Crippen LogP contribution is 2.15. The number of aromatic amines is 1. The summed E-state index contributed by atoms with van der Waals surface area (Å²) in [5.74, 6) is -0.179. The molecule has 6 heteroatoms. The fraction of sp³-hybridized carbons (Fsp3) is 0. The number of aromatic nitrogens is 3. The Kier molecular flexibility index (Phi) is 3.99. The molecule has 0 spiro atoms. The van der Waals surface area contributed by atoms with Crippen molar-refractivity contribution in [3.63, 3.8) is 0 Å². The molecule has 1 amide bonds. The van der Waals surface area contributed by atoms with Crippen LogP contribution in [0.3, 0.4) is 0 Å². The molecule has 4 rings (SSSR count). The van der Waals surface area contributed by atoms with Gasteiger partial charge in [-0.1, -0.05) is 30.3 Å².